The molecule has 2 aromatic rings. The minimum absolute atomic E-state index is 0.118. The zero-order valence-corrected chi connectivity index (χ0v) is 14.6. The lowest BCUT2D eigenvalue weighted by molar-refractivity contribution is 0.592. The van der Waals surface area contributed by atoms with Crippen LogP contribution in [0.3, 0.4) is 0 Å². The molecule has 0 heterocycles. The van der Waals surface area contributed by atoms with E-state index in [2.05, 4.69) is 21.2 Å². The molecular formula is C15H13BrCl3N. The fraction of sp³-hybridized carbons (Fsp3) is 0.200. The van der Waals surface area contributed by atoms with E-state index in [-0.39, 0.29) is 6.04 Å². The van der Waals surface area contributed by atoms with Crippen LogP contribution in [0.15, 0.2) is 40.9 Å². The molecule has 2 aromatic carbocycles. The summed E-state index contributed by atoms with van der Waals surface area (Å²) in [6.07, 6.45) is 0.786. The molecule has 1 unspecified atom stereocenters. The molecule has 2 rings (SSSR count). The van der Waals surface area contributed by atoms with E-state index in [1.165, 1.54) is 0 Å². The van der Waals surface area contributed by atoms with Gasteiger partial charge in [-0.15, -0.1) is 0 Å². The second-order valence-corrected chi connectivity index (χ2v) is 6.60. The Hall–Kier alpha value is -0.250. The van der Waals surface area contributed by atoms with Gasteiger partial charge in [-0.25, -0.2) is 0 Å². The van der Waals surface area contributed by atoms with E-state index in [4.69, 9.17) is 34.8 Å². The summed E-state index contributed by atoms with van der Waals surface area (Å²) >= 11 is 21.7. The van der Waals surface area contributed by atoms with E-state index in [0.29, 0.717) is 10.0 Å². The molecule has 0 fully saturated rings. The second-order valence-electron chi connectivity index (χ2n) is 4.46. The van der Waals surface area contributed by atoms with Gasteiger partial charge in [-0.2, -0.15) is 0 Å². The molecule has 1 atom stereocenters. The van der Waals surface area contributed by atoms with Gasteiger partial charge >= 0.3 is 0 Å². The average molecular weight is 394 g/mol. The minimum atomic E-state index is 0.118. The molecule has 20 heavy (non-hydrogen) atoms. The van der Waals surface area contributed by atoms with Crippen molar-refractivity contribution in [1.29, 1.82) is 0 Å². The summed E-state index contributed by atoms with van der Waals surface area (Å²) in [5.41, 5.74) is 2.17. The molecule has 0 aromatic heterocycles. The zero-order chi connectivity index (χ0) is 14.7. The Kier molecular flexibility index (Phi) is 5.76. The molecule has 106 valence electrons. The summed E-state index contributed by atoms with van der Waals surface area (Å²) in [5, 5.41) is 5.16. The molecule has 5 heteroatoms. The molecular weight excluding hydrogens is 380 g/mol. The molecule has 0 radical (unpaired) electrons. The minimum Gasteiger partial charge on any atom is -0.313 e. The van der Waals surface area contributed by atoms with Crippen molar-refractivity contribution >= 4 is 50.7 Å². The Morgan fingerprint density at radius 2 is 1.75 bits per heavy atom. The van der Waals surface area contributed by atoms with Gasteiger partial charge < -0.3 is 5.32 Å². The SMILES string of the molecule is CNC(Cc1ccc(Cl)c(Cl)c1)c1ccc(Br)cc1Cl. The fourth-order valence-corrected chi connectivity index (χ4v) is 3.18. The Bertz CT molecular complexity index is 616. The van der Waals surface area contributed by atoms with Crippen molar-refractivity contribution in [2.45, 2.75) is 12.5 Å². The van der Waals surface area contributed by atoms with E-state index in [1.54, 1.807) is 0 Å². The van der Waals surface area contributed by atoms with Crippen LogP contribution in [-0.2, 0) is 6.42 Å². The van der Waals surface area contributed by atoms with Crippen LogP contribution in [0.4, 0.5) is 0 Å². The maximum Gasteiger partial charge on any atom is 0.0595 e. The van der Waals surface area contributed by atoms with Crippen LogP contribution >= 0.6 is 50.7 Å². The first-order valence-corrected chi connectivity index (χ1v) is 8.00. The molecule has 0 spiro atoms. The van der Waals surface area contributed by atoms with E-state index in [9.17, 15) is 0 Å². The molecule has 1 N–H and O–H groups in total. The summed E-state index contributed by atoms with van der Waals surface area (Å²) in [4.78, 5) is 0. The van der Waals surface area contributed by atoms with Gasteiger partial charge in [-0.1, -0.05) is 62.9 Å². The predicted molar refractivity (Wildman–Crippen MR) is 91.1 cm³/mol. The first kappa shape index (κ1) is 16.1. The van der Waals surface area contributed by atoms with Gasteiger partial charge in [-0.05, 0) is 48.9 Å². The highest BCUT2D eigenvalue weighted by molar-refractivity contribution is 9.10. The number of halogens is 4. The zero-order valence-electron chi connectivity index (χ0n) is 10.8. The highest BCUT2D eigenvalue weighted by Crippen LogP contribution is 2.30. The highest BCUT2D eigenvalue weighted by atomic mass is 79.9. The van der Waals surface area contributed by atoms with Crippen molar-refractivity contribution in [3.8, 4) is 0 Å². The lowest BCUT2D eigenvalue weighted by Crippen LogP contribution is -2.19. The first-order chi connectivity index (χ1) is 9.51. The Morgan fingerprint density at radius 1 is 1.00 bits per heavy atom. The lowest BCUT2D eigenvalue weighted by atomic mass is 9.99. The Balaban J connectivity index is 2.26. The fourth-order valence-electron chi connectivity index (χ4n) is 2.05. The number of benzene rings is 2. The van der Waals surface area contributed by atoms with Crippen LogP contribution in [0.1, 0.15) is 17.2 Å². The number of likely N-dealkylation sites (N-methyl/N-ethyl adjacent to an activating group) is 1. The molecule has 0 saturated heterocycles. The Morgan fingerprint density at radius 3 is 2.35 bits per heavy atom. The third-order valence-corrected chi connectivity index (χ3v) is 4.67. The number of hydrogen-bond donors (Lipinski definition) is 1. The topological polar surface area (TPSA) is 12.0 Å². The van der Waals surface area contributed by atoms with Gasteiger partial charge in [0.2, 0.25) is 0 Å². The maximum absolute atomic E-state index is 6.31. The standard InChI is InChI=1S/C15H13BrCl3N/c1-20-15(11-4-3-10(16)8-13(11)18)7-9-2-5-12(17)14(19)6-9/h2-6,8,15,20H,7H2,1H3. The van der Waals surface area contributed by atoms with Crippen molar-refractivity contribution in [1.82, 2.24) is 5.32 Å². The average Bonchev–Trinajstić information content (AvgIpc) is 2.41. The summed E-state index contributed by atoms with van der Waals surface area (Å²) in [6.45, 7) is 0. The number of rotatable bonds is 4. The van der Waals surface area contributed by atoms with Crippen LogP contribution in [0.25, 0.3) is 0 Å². The van der Waals surface area contributed by atoms with E-state index >= 15 is 0 Å². The van der Waals surface area contributed by atoms with Crippen LogP contribution in [0.5, 0.6) is 0 Å². The van der Waals surface area contributed by atoms with Gasteiger partial charge in [0.1, 0.15) is 0 Å². The van der Waals surface area contributed by atoms with Crippen LogP contribution in [0, 0.1) is 0 Å². The number of hydrogen-bond acceptors (Lipinski definition) is 1. The van der Waals surface area contributed by atoms with Crippen molar-refractivity contribution < 1.29 is 0 Å². The lowest BCUT2D eigenvalue weighted by Gasteiger charge is -2.18. The van der Waals surface area contributed by atoms with Gasteiger partial charge in [0.05, 0.1) is 10.0 Å². The molecule has 0 saturated carbocycles. The molecule has 0 aliphatic heterocycles. The van der Waals surface area contributed by atoms with Crippen LogP contribution in [-0.4, -0.2) is 7.05 Å². The molecule has 0 aliphatic rings. The van der Waals surface area contributed by atoms with Crippen molar-refractivity contribution in [3.63, 3.8) is 0 Å². The first-order valence-electron chi connectivity index (χ1n) is 6.07. The quantitative estimate of drug-likeness (QED) is 0.681. The van der Waals surface area contributed by atoms with E-state index in [1.807, 2.05) is 43.4 Å². The second kappa shape index (κ2) is 7.15. The van der Waals surface area contributed by atoms with Crippen molar-refractivity contribution in [2.24, 2.45) is 0 Å². The van der Waals surface area contributed by atoms with Crippen molar-refractivity contribution in [3.05, 3.63) is 67.1 Å². The van der Waals surface area contributed by atoms with Gasteiger partial charge in [-0.3, -0.25) is 0 Å². The van der Waals surface area contributed by atoms with E-state index < -0.39 is 0 Å². The maximum atomic E-state index is 6.31. The number of nitrogens with one attached hydrogen (secondary N) is 1. The normalized spacial score (nSPS) is 12.4. The highest BCUT2D eigenvalue weighted by Gasteiger charge is 2.14. The summed E-state index contributed by atoms with van der Waals surface area (Å²) in [5.74, 6) is 0. The van der Waals surface area contributed by atoms with Gasteiger partial charge in [0, 0.05) is 15.5 Å². The molecule has 0 amide bonds. The van der Waals surface area contributed by atoms with E-state index in [0.717, 1.165) is 27.0 Å². The van der Waals surface area contributed by atoms with Crippen LogP contribution in [0.2, 0.25) is 15.1 Å². The smallest absolute Gasteiger partial charge is 0.0595 e. The molecule has 1 nitrogen and oxygen atoms in total. The van der Waals surface area contributed by atoms with Gasteiger partial charge in [0.15, 0.2) is 0 Å². The summed E-state index contributed by atoms with van der Waals surface area (Å²) in [7, 11) is 1.92. The van der Waals surface area contributed by atoms with Gasteiger partial charge in [0.25, 0.3) is 0 Å². The predicted octanol–water partition coefficient (Wildman–Crippen LogP) is 5.91. The Labute approximate surface area is 142 Å². The largest absolute Gasteiger partial charge is 0.313 e. The monoisotopic (exact) mass is 391 g/mol. The summed E-state index contributed by atoms with van der Waals surface area (Å²) < 4.78 is 0.968. The summed E-state index contributed by atoms with van der Waals surface area (Å²) in [6, 6.07) is 11.7. The third kappa shape index (κ3) is 3.90. The molecule has 0 bridgehead atoms. The third-order valence-electron chi connectivity index (χ3n) is 3.11. The van der Waals surface area contributed by atoms with Crippen molar-refractivity contribution in [2.75, 3.05) is 7.05 Å². The molecule has 0 aliphatic carbocycles. The van der Waals surface area contributed by atoms with Crippen LogP contribution < -0.4 is 5.32 Å².